The summed E-state index contributed by atoms with van der Waals surface area (Å²) in [5.41, 5.74) is 0. The summed E-state index contributed by atoms with van der Waals surface area (Å²) in [6, 6.07) is 0.324. The first kappa shape index (κ1) is 14.5. The average Bonchev–Trinajstić information content (AvgIpc) is 2.46. The number of nitrogens with one attached hydrogen (secondary N) is 1. The number of hydrogen-bond acceptors (Lipinski definition) is 3. The van der Waals surface area contributed by atoms with E-state index in [0.717, 1.165) is 65.0 Å². The minimum Gasteiger partial charge on any atom is -0.381 e. The molecule has 1 N–H and O–H groups in total. The van der Waals surface area contributed by atoms with E-state index in [4.69, 9.17) is 4.74 Å². The lowest BCUT2D eigenvalue weighted by atomic mass is 9.96. The van der Waals surface area contributed by atoms with Gasteiger partial charge in [-0.1, -0.05) is 6.08 Å². The van der Waals surface area contributed by atoms with Gasteiger partial charge in [0.25, 0.3) is 0 Å². The summed E-state index contributed by atoms with van der Waals surface area (Å²) in [7, 11) is 0. The first-order valence-corrected chi connectivity index (χ1v) is 7.51. The third-order valence-corrected chi connectivity index (χ3v) is 4.09. The van der Waals surface area contributed by atoms with Crippen LogP contribution in [0.3, 0.4) is 0 Å². The fraction of sp³-hybridized carbons (Fsp3) is 0.800. The molecule has 2 aliphatic rings. The maximum atomic E-state index is 12.3. The number of amides is 1. The zero-order valence-electron chi connectivity index (χ0n) is 11.8. The van der Waals surface area contributed by atoms with Gasteiger partial charge < -0.3 is 15.0 Å². The molecule has 1 unspecified atom stereocenters. The van der Waals surface area contributed by atoms with Crippen molar-refractivity contribution in [3.8, 4) is 0 Å². The Bertz CT molecular complexity index is 301. The molecule has 2 rings (SSSR count). The quantitative estimate of drug-likeness (QED) is 0.768. The van der Waals surface area contributed by atoms with Gasteiger partial charge in [-0.2, -0.15) is 0 Å². The molecule has 0 bridgehead atoms. The molecule has 108 valence electrons. The molecule has 2 fully saturated rings. The third kappa shape index (κ3) is 4.62. The third-order valence-electron chi connectivity index (χ3n) is 4.09. The van der Waals surface area contributed by atoms with Crippen LogP contribution in [-0.2, 0) is 9.53 Å². The highest BCUT2D eigenvalue weighted by Gasteiger charge is 2.27. The second-order valence-corrected chi connectivity index (χ2v) is 5.61. The molecule has 2 aliphatic heterocycles. The molecule has 2 saturated heterocycles. The van der Waals surface area contributed by atoms with Gasteiger partial charge in [-0.15, -0.1) is 6.58 Å². The minimum absolute atomic E-state index is 0.168. The van der Waals surface area contributed by atoms with Crippen molar-refractivity contribution in [1.29, 1.82) is 0 Å². The highest BCUT2D eigenvalue weighted by Crippen LogP contribution is 2.18. The maximum absolute atomic E-state index is 12.3. The van der Waals surface area contributed by atoms with Gasteiger partial charge in [0.1, 0.15) is 0 Å². The highest BCUT2D eigenvalue weighted by molar-refractivity contribution is 5.79. The first-order chi connectivity index (χ1) is 9.29. The molecule has 0 radical (unpaired) electrons. The molecular weight excluding hydrogens is 240 g/mol. The molecule has 0 aromatic heterocycles. The highest BCUT2D eigenvalue weighted by atomic mass is 16.5. The summed E-state index contributed by atoms with van der Waals surface area (Å²) in [6.45, 7) is 8.37. The van der Waals surface area contributed by atoms with Gasteiger partial charge in [0.2, 0.25) is 5.91 Å². The van der Waals surface area contributed by atoms with E-state index in [0.29, 0.717) is 6.04 Å². The van der Waals surface area contributed by atoms with Crippen LogP contribution in [0.2, 0.25) is 0 Å². The van der Waals surface area contributed by atoms with Crippen molar-refractivity contribution in [2.24, 2.45) is 5.92 Å². The predicted molar refractivity (Wildman–Crippen MR) is 76.0 cm³/mol. The largest absolute Gasteiger partial charge is 0.381 e. The Morgan fingerprint density at radius 2 is 2.16 bits per heavy atom. The monoisotopic (exact) mass is 266 g/mol. The Labute approximate surface area is 116 Å². The Kier molecular flexibility index (Phi) is 5.86. The molecule has 4 nitrogen and oxygen atoms in total. The number of piperidine rings is 1. The molecule has 4 heteroatoms. The first-order valence-electron chi connectivity index (χ1n) is 7.51. The van der Waals surface area contributed by atoms with Crippen LogP contribution in [0.1, 0.15) is 32.1 Å². The van der Waals surface area contributed by atoms with Crippen LogP contribution in [0, 0.1) is 5.92 Å². The normalized spacial score (nSPS) is 26.0. The van der Waals surface area contributed by atoms with Gasteiger partial charge in [-0.05, 0) is 38.6 Å². The SMILES string of the molecule is C=CCCN1CCCC(C(=O)NC2CCOCC2)C1. The summed E-state index contributed by atoms with van der Waals surface area (Å²) in [4.78, 5) is 14.7. The Balaban J connectivity index is 1.75. The lowest BCUT2D eigenvalue weighted by Crippen LogP contribution is -2.47. The number of carbonyl (C=O) groups is 1. The molecule has 19 heavy (non-hydrogen) atoms. The van der Waals surface area contributed by atoms with Gasteiger partial charge >= 0.3 is 0 Å². The van der Waals surface area contributed by atoms with E-state index in [1.807, 2.05) is 6.08 Å². The van der Waals surface area contributed by atoms with Gasteiger partial charge in [0.15, 0.2) is 0 Å². The Morgan fingerprint density at radius 1 is 1.37 bits per heavy atom. The number of nitrogens with zero attached hydrogens (tertiary/aromatic N) is 1. The van der Waals surface area contributed by atoms with E-state index in [1.54, 1.807) is 0 Å². The van der Waals surface area contributed by atoms with Gasteiger partial charge in [-0.3, -0.25) is 4.79 Å². The zero-order valence-corrected chi connectivity index (χ0v) is 11.8. The van der Waals surface area contributed by atoms with E-state index in [2.05, 4.69) is 16.8 Å². The van der Waals surface area contributed by atoms with E-state index in [-0.39, 0.29) is 11.8 Å². The Hall–Kier alpha value is -0.870. The molecule has 0 saturated carbocycles. The number of hydrogen-bond donors (Lipinski definition) is 1. The molecular formula is C15H26N2O2. The molecule has 0 aliphatic carbocycles. The van der Waals surface area contributed by atoms with Gasteiger partial charge in [0.05, 0.1) is 5.92 Å². The molecule has 1 amide bonds. The number of ether oxygens (including phenoxy) is 1. The summed E-state index contributed by atoms with van der Waals surface area (Å²) in [5, 5.41) is 3.20. The number of rotatable bonds is 5. The van der Waals surface area contributed by atoms with Crippen molar-refractivity contribution in [2.45, 2.75) is 38.1 Å². The van der Waals surface area contributed by atoms with Gasteiger partial charge in [-0.25, -0.2) is 0 Å². The maximum Gasteiger partial charge on any atom is 0.224 e. The van der Waals surface area contributed by atoms with Crippen LogP contribution in [0.4, 0.5) is 0 Å². The van der Waals surface area contributed by atoms with Crippen LogP contribution in [0.5, 0.6) is 0 Å². The van der Waals surface area contributed by atoms with E-state index in [1.165, 1.54) is 0 Å². The lowest BCUT2D eigenvalue weighted by Gasteiger charge is -2.33. The van der Waals surface area contributed by atoms with Crippen molar-refractivity contribution < 1.29 is 9.53 Å². The van der Waals surface area contributed by atoms with Crippen LogP contribution in [0.15, 0.2) is 12.7 Å². The topological polar surface area (TPSA) is 41.6 Å². The van der Waals surface area contributed by atoms with Crippen molar-refractivity contribution in [3.63, 3.8) is 0 Å². The molecule has 2 heterocycles. The van der Waals surface area contributed by atoms with E-state index in [9.17, 15) is 4.79 Å². The van der Waals surface area contributed by atoms with E-state index < -0.39 is 0 Å². The summed E-state index contributed by atoms with van der Waals surface area (Å²) < 4.78 is 5.32. The van der Waals surface area contributed by atoms with Crippen molar-refractivity contribution >= 4 is 5.91 Å². The standard InChI is InChI=1S/C15H26N2O2/c1-2-3-8-17-9-4-5-13(12-17)15(18)16-14-6-10-19-11-7-14/h2,13-14H,1,3-12H2,(H,16,18). The average molecular weight is 266 g/mol. The lowest BCUT2D eigenvalue weighted by molar-refractivity contribution is -0.128. The minimum atomic E-state index is 0.168. The number of likely N-dealkylation sites (tertiary alicyclic amines) is 1. The van der Waals surface area contributed by atoms with Crippen LogP contribution >= 0.6 is 0 Å². The van der Waals surface area contributed by atoms with Crippen LogP contribution < -0.4 is 5.32 Å². The summed E-state index contributed by atoms with van der Waals surface area (Å²) in [6.07, 6.45) is 7.03. The van der Waals surface area contributed by atoms with Crippen molar-refractivity contribution in [1.82, 2.24) is 10.2 Å². The number of carbonyl (C=O) groups excluding carboxylic acids is 1. The van der Waals surface area contributed by atoms with Crippen LogP contribution in [0.25, 0.3) is 0 Å². The van der Waals surface area contributed by atoms with Crippen molar-refractivity contribution in [2.75, 3.05) is 32.8 Å². The second-order valence-electron chi connectivity index (χ2n) is 5.61. The summed E-state index contributed by atoms with van der Waals surface area (Å²) >= 11 is 0. The molecule has 1 atom stereocenters. The van der Waals surface area contributed by atoms with Gasteiger partial charge in [0, 0.05) is 32.3 Å². The summed E-state index contributed by atoms with van der Waals surface area (Å²) in [5.74, 6) is 0.414. The fourth-order valence-electron chi connectivity index (χ4n) is 2.91. The molecule has 0 spiro atoms. The van der Waals surface area contributed by atoms with Crippen LogP contribution in [-0.4, -0.2) is 49.7 Å². The Morgan fingerprint density at radius 3 is 2.89 bits per heavy atom. The predicted octanol–water partition coefficient (Wildman–Crippen LogP) is 1.57. The molecule has 0 aromatic rings. The smallest absolute Gasteiger partial charge is 0.224 e. The van der Waals surface area contributed by atoms with E-state index >= 15 is 0 Å². The molecule has 0 aromatic carbocycles. The van der Waals surface area contributed by atoms with Crippen molar-refractivity contribution in [3.05, 3.63) is 12.7 Å². The zero-order chi connectivity index (χ0) is 13.5. The fourth-order valence-corrected chi connectivity index (χ4v) is 2.91. The second kappa shape index (κ2) is 7.65.